The fourth-order valence-corrected chi connectivity index (χ4v) is 4.19. The number of nitrogens with one attached hydrogen (secondary N) is 2. The van der Waals surface area contributed by atoms with E-state index in [-0.39, 0.29) is 18.2 Å². The SMILES string of the molecule is COc1cc(/C=N\N=C2\NC(=O)[C@@H](CC(=O)Nc3ccccc3)S2)cc(Br)c1OC. The Morgan fingerprint density at radius 3 is 2.73 bits per heavy atom. The number of para-hydroxylation sites is 1. The molecule has 10 heteroatoms. The van der Waals surface area contributed by atoms with E-state index in [0.29, 0.717) is 26.8 Å². The standard InChI is InChI=1S/C20H19BrN4O4S/c1-28-15-9-12(8-14(21)18(15)29-2)11-22-25-20-24-19(27)16(30-20)10-17(26)23-13-6-4-3-5-7-13/h3-9,11,16H,10H2,1-2H3,(H,23,26)(H,24,25,27)/b22-11-/t16-/m1/s1. The van der Waals surface area contributed by atoms with Crippen LogP contribution < -0.4 is 20.1 Å². The van der Waals surface area contributed by atoms with Gasteiger partial charge in [-0.25, -0.2) is 0 Å². The van der Waals surface area contributed by atoms with E-state index in [2.05, 4.69) is 36.8 Å². The van der Waals surface area contributed by atoms with Gasteiger partial charge in [0.15, 0.2) is 16.7 Å². The van der Waals surface area contributed by atoms with E-state index in [1.807, 2.05) is 24.3 Å². The fourth-order valence-electron chi connectivity index (χ4n) is 2.65. The van der Waals surface area contributed by atoms with Crippen molar-refractivity contribution in [1.29, 1.82) is 0 Å². The molecule has 1 heterocycles. The van der Waals surface area contributed by atoms with E-state index in [1.54, 1.807) is 32.4 Å². The first-order valence-electron chi connectivity index (χ1n) is 8.85. The number of halogens is 1. The van der Waals surface area contributed by atoms with Crippen molar-refractivity contribution < 1.29 is 19.1 Å². The second-order valence-corrected chi connectivity index (χ2v) is 8.15. The molecule has 30 heavy (non-hydrogen) atoms. The molecule has 0 bridgehead atoms. The normalized spacial score (nSPS) is 17.2. The summed E-state index contributed by atoms with van der Waals surface area (Å²) in [5.41, 5.74) is 1.42. The maximum atomic E-state index is 12.2. The molecule has 0 spiro atoms. The molecule has 0 unspecified atom stereocenters. The maximum absolute atomic E-state index is 12.2. The summed E-state index contributed by atoms with van der Waals surface area (Å²) in [4.78, 5) is 24.3. The minimum Gasteiger partial charge on any atom is -0.493 e. The van der Waals surface area contributed by atoms with Gasteiger partial charge in [0.1, 0.15) is 5.25 Å². The van der Waals surface area contributed by atoms with Gasteiger partial charge in [-0.2, -0.15) is 5.10 Å². The minimum atomic E-state index is -0.558. The van der Waals surface area contributed by atoms with Crippen LogP contribution in [0.3, 0.4) is 0 Å². The molecular weight excluding hydrogens is 472 g/mol. The van der Waals surface area contributed by atoms with Gasteiger partial charge in [0, 0.05) is 12.1 Å². The number of amides is 2. The minimum absolute atomic E-state index is 0.0384. The molecule has 0 aromatic heterocycles. The molecule has 156 valence electrons. The number of nitrogens with zero attached hydrogens (tertiary/aromatic N) is 2. The molecule has 0 saturated carbocycles. The Morgan fingerprint density at radius 1 is 1.27 bits per heavy atom. The molecule has 0 radical (unpaired) electrons. The molecule has 3 rings (SSSR count). The third-order valence-corrected chi connectivity index (χ3v) is 5.68. The molecule has 1 fully saturated rings. The topological polar surface area (TPSA) is 101 Å². The van der Waals surface area contributed by atoms with E-state index in [1.165, 1.54) is 18.0 Å². The molecule has 0 aliphatic carbocycles. The number of carbonyl (C=O) groups is 2. The van der Waals surface area contributed by atoms with Gasteiger partial charge in [-0.05, 0) is 45.8 Å². The Bertz CT molecular complexity index is 998. The van der Waals surface area contributed by atoms with Crippen molar-refractivity contribution in [1.82, 2.24) is 5.32 Å². The predicted octanol–water partition coefficient (Wildman–Crippen LogP) is 3.42. The lowest BCUT2D eigenvalue weighted by Gasteiger charge is -2.09. The van der Waals surface area contributed by atoms with Gasteiger partial charge in [-0.3, -0.25) is 9.59 Å². The third-order valence-electron chi connectivity index (χ3n) is 4.02. The van der Waals surface area contributed by atoms with Gasteiger partial charge < -0.3 is 20.1 Å². The van der Waals surface area contributed by atoms with Crippen LogP contribution in [-0.4, -0.2) is 42.7 Å². The van der Waals surface area contributed by atoms with Gasteiger partial charge in [-0.1, -0.05) is 30.0 Å². The first kappa shape index (κ1) is 21.8. The average molecular weight is 491 g/mol. The van der Waals surface area contributed by atoms with Crippen molar-refractivity contribution in [3.05, 3.63) is 52.5 Å². The van der Waals surface area contributed by atoms with Crippen molar-refractivity contribution in [3.63, 3.8) is 0 Å². The molecule has 2 N–H and O–H groups in total. The van der Waals surface area contributed by atoms with Gasteiger partial charge in [0.25, 0.3) is 0 Å². The lowest BCUT2D eigenvalue weighted by Crippen LogP contribution is -2.28. The molecule has 2 amide bonds. The summed E-state index contributed by atoms with van der Waals surface area (Å²) >= 11 is 4.59. The van der Waals surface area contributed by atoms with Crippen LogP contribution in [0.2, 0.25) is 0 Å². The van der Waals surface area contributed by atoms with Crippen molar-refractivity contribution in [3.8, 4) is 11.5 Å². The van der Waals surface area contributed by atoms with E-state index in [4.69, 9.17) is 9.47 Å². The average Bonchev–Trinajstić information content (AvgIpc) is 3.07. The second kappa shape index (κ2) is 10.3. The first-order valence-corrected chi connectivity index (χ1v) is 10.5. The molecular formula is C20H19BrN4O4S. The zero-order valence-corrected chi connectivity index (χ0v) is 18.6. The zero-order valence-electron chi connectivity index (χ0n) is 16.2. The molecule has 1 saturated heterocycles. The summed E-state index contributed by atoms with van der Waals surface area (Å²) in [5.74, 6) is 0.616. The number of methoxy groups -OCH3 is 2. The number of rotatable bonds is 7. The molecule has 8 nitrogen and oxygen atoms in total. The lowest BCUT2D eigenvalue weighted by atomic mass is 10.2. The highest BCUT2D eigenvalue weighted by atomic mass is 79.9. The van der Waals surface area contributed by atoms with Gasteiger partial charge in [0.2, 0.25) is 11.8 Å². The number of hydrogen-bond donors (Lipinski definition) is 2. The van der Waals surface area contributed by atoms with Crippen molar-refractivity contribution in [2.24, 2.45) is 10.2 Å². The third kappa shape index (κ3) is 5.61. The van der Waals surface area contributed by atoms with Gasteiger partial charge in [0.05, 0.1) is 24.9 Å². The molecule has 1 aliphatic heterocycles. The molecule has 1 aliphatic rings. The van der Waals surface area contributed by atoms with Crippen LogP contribution in [0.25, 0.3) is 0 Å². The van der Waals surface area contributed by atoms with E-state index >= 15 is 0 Å². The van der Waals surface area contributed by atoms with E-state index in [0.717, 1.165) is 5.56 Å². The Morgan fingerprint density at radius 2 is 2.03 bits per heavy atom. The Kier molecular flexibility index (Phi) is 7.47. The van der Waals surface area contributed by atoms with Gasteiger partial charge in [-0.15, -0.1) is 5.10 Å². The van der Waals surface area contributed by atoms with E-state index in [9.17, 15) is 9.59 Å². The second-order valence-electron chi connectivity index (χ2n) is 6.10. The number of thioether (sulfide) groups is 1. The summed E-state index contributed by atoms with van der Waals surface area (Å²) < 4.78 is 11.3. The van der Waals surface area contributed by atoms with Crippen molar-refractivity contribution in [2.45, 2.75) is 11.7 Å². The number of benzene rings is 2. The van der Waals surface area contributed by atoms with Gasteiger partial charge >= 0.3 is 0 Å². The number of carbonyl (C=O) groups excluding carboxylic acids is 2. The van der Waals surface area contributed by atoms with Crippen LogP contribution in [-0.2, 0) is 9.59 Å². The van der Waals surface area contributed by atoms with Crippen LogP contribution in [0.5, 0.6) is 11.5 Å². The summed E-state index contributed by atoms with van der Waals surface area (Å²) in [6.45, 7) is 0. The highest BCUT2D eigenvalue weighted by Gasteiger charge is 2.32. The van der Waals surface area contributed by atoms with Crippen LogP contribution in [0.1, 0.15) is 12.0 Å². The van der Waals surface area contributed by atoms with Crippen LogP contribution >= 0.6 is 27.7 Å². The summed E-state index contributed by atoms with van der Waals surface area (Å²) in [6, 6.07) is 12.6. The molecule has 2 aromatic rings. The maximum Gasteiger partial charge on any atom is 0.240 e. The monoisotopic (exact) mass is 490 g/mol. The van der Waals surface area contributed by atoms with E-state index < -0.39 is 5.25 Å². The quantitative estimate of drug-likeness (QED) is 0.457. The number of anilines is 1. The smallest absolute Gasteiger partial charge is 0.240 e. The lowest BCUT2D eigenvalue weighted by molar-refractivity contribution is -0.122. The molecule has 1 atom stereocenters. The summed E-state index contributed by atoms with van der Waals surface area (Å²) in [6.07, 6.45) is 1.57. The highest BCUT2D eigenvalue weighted by Crippen LogP contribution is 2.35. The largest absolute Gasteiger partial charge is 0.493 e. The number of ether oxygens (including phenoxy) is 2. The van der Waals surface area contributed by atoms with Crippen molar-refractivity contribution >= 4 is 56.6 Å². The number of amidine groups is 1. The summed E-state index contributed by atoms with van der Waals surface area (Å²) in [7, 11) is 3.10. The number of hydrogen-bond acceptors (Lipinski definition) is 7. The summed E-state index contributed by atoms with van der Waals surface area (Å²) in [5, 5.41) is 13.2. The van der Waals surface area contributed by atoms with Crippen molar-refractivity contribution in [2.75, 3.05) is 19.5 Å². The van der Waals surface area contributed by atoms with Crippen LogP contribution in [0.15, 0.2) is 57.1 Å². The van der Waals surface area contributed by atoms with Crippen LogP contribution in [0, 0.1) is 0 Å². The molecule has 2 aromatic carbocycles. The zero-order chi connectivity index (χ0) is 21.5. The Hall–Kier alpha value is -2.85. The Balaban J connectivity index is 1.60. The Labute approximate surface area is 186 Å². The highest BCUT2D eigenvalue weighted by molar-refractivity contribution is 9.10. The fraction of sp³-hybridized carbons (Fsp3) is 0.200. The van der Waals surface area contributed by atoms with Crippen LogP contribution in [0.4, 0.5) is 5.69 Å². The predicted molar refractivity (Wildman–Crippen MR) is 121 cm³/mol. The first-order chi connectivity index (χ1) is 14.5.